The van der Waals surface area contributed by atoms with Gasteiger partial charge < -0.3 is 15.2 Å². The number of unbranched alkanes of at least 4 members (excludes halogenated alkanes) is 1. The van der Waals surface area contributed by atoms with Crippen LogP contribution in [0.5, 0.6) is 11.5 Å². The molecule has 54 heavy (non-hydrogen) atoms. The number of hydrogen-bond acceptors (Lipinski definition) is 4. The molecule has 276 valence electrons. The molecule has 1 heterocycles. The molecule has 1 unspecified atom stereocenters. The first-order chi connectivity index (χ1) is 26.7. The zero-order chi connectivity index (χ0) is 36.8. The Morgan fingerprint density at radius 1 is 0.519 bits per heavy atom. The fourth-order valence-corrected chi connectivity index (χ4v) is 7.89. The maximum absolute atomic E-state index is 7.09. The quantitative estimate of drug-likeness (QED) is 0.0755. The maximum Gasteiger partial charge on any atom is 0.119 e. The van der Waals surface area contributed by atoms with Gasteiger partial charge in [-0.3, -0.25) is 4.90 Å². The van der Waals surface area contributed by atoms with E-state index in [1.165, 1.54) is 66.6 Å². The lowest BCUT2D eigenvalue weighted by Gasteiger charge is -2.32. The van der Waals surface area contributed by atoms with Crippen molar-refractivity contribution in [2.45, 2.75) is 70.2 Å². The van der Waals surface area contributed by atoms with E-state index in [4.69, 9.17) is 15.2 Å². The van der Waals surface area contributed by atoms with Crippen LogP contribution in [0.3, 0.4) is 0 Å². The van der Waals surface area contributed by atoms with E-state index in [2.05, 4.69) is 132 Å². The smallest absolute Gasteiger partial charge is 0.119 e. The molecule has 7 rings (SSSR count). The SMILES string of the molecule is NC(CCCCC1CCN(Cc2ccccc2)CC1)c1ccccc1C(c1ccc(OCc2ccccc2)cc1)c1ccc(OCc2ccccc2)cc1. The largest absolute Gasteiger partial charge is 0.489 e. The molecule has 0 spiro atoms. The van der Waals surface area contributed by atoms with Crippen molar-refractivity contribution in [3.63, 3.8) is 0 Å². The summed E-state index contributed by atoms with van der Waals surface area (Å²) in [6, 6.07) is 57.5. The molecule has 1 fully saturated rings. The standard InChI is InChI=1S/C50H54N2O2/c51-49(23-13-10-14-39-32-34-52(35-33-39)36-40-15-4-1-5-16-40)47-21-11-12-22-48(47)50(43-24-28-45(29-25-43)53-37-41-17-6-2-7-18-41)44-26-30-46(31-27-44)54-38-42-19-8-3-9-20-42/h1-9,11-12,15-22,24-31,39,49-50H,10,13-14,23,32-38,51H2. The van der Waals surface area contributed by atoms with Gasteiger partial charge >= 0.3 is 0 Å². The van der Waals surface area contributed by atoms with E-state index in [-0.39, 0.29) is 12.0 Å². The third-order valence-electron chi connectivity index (χ3n) is 11.0. The Labute approximate surface area is 322 Å². The van der Waals surface area contributed by atoms with E-state index in [0.717, 1.165) is 47.9 Å². The molecule has 0 aliphatic carbocycles. The molecule has 1 saturated heterocycles. The molecular formula is C50H54N2O2. The van der Waals surface area contributed by atoms with Gasteiger partial charge in [-0.2, -0.15) is 0 Å². The minimum atomic E-state index is -0.0293. The number of benzene rings is 6. The number of ether oxygens (including phenoxy) is 2. The van der Waals surface area contributed by atoms with Crippen molar-refractivity contribution in [2.24, 2.45) is 11.7 Å². The van der Waals surface area contributed by atoms with E-state index < -0.39 is 0 Å². The highest BCUT2D eigenvalue weighted by Crippen LogP contribution is 2.38. The summed E-state index contributed by atoms with van der Waals surface area (Å²) in [6.45, 7) is 4.56. The average molecular weight is 715 g/mol. The van der Waals surface area contributed by atoms with Crippen LogP contribution < -0.4 is 15.2 Å². The van der Waals surface area contributed by atoms with E-state index >= 15 is 0 Å². The molecule has 0 bridgehead atoms. The van der Waals surface area contributed by atoms with Crippen molar-refractivity contribution in [1.29, 1.82) is 0 Å². The average Bonchev–Trinajstić information content (AvgIpc) is 3.24. The molecule has 0 radical (unpaired) electrons. The molecule has 1 aliphatic heterocycles. The normalized spacial score (nSPS) is 14.2. The van der Waals surface area contributed by atoms with Gasteiger partial charge in [-0.1, -0.05) is 159 Å². The molecule has 2 N–H and O–H groups in total. The first kappa shape index (κ1) is 37.2. The monoisotopic (exact) mass is 714 g/mol. The fraction of sp³-hybridized carbons (Fsp3) is 0.280. The first-order valence-corrected chi connectivity index (χ1v) is 19.8. The summed E-state index contributed by atoms with van der Waals surface area (Å²) in [5, 5.41) is 0. The van der Waals surface area contributed by atoms with Gasteiger partial charge in [0.25, 0.3) is 0 Å². The lowest BCUT2D eigenvalue weighted by molar-refractivity contribution is 0.170. The van der Waals surface area contributed by atoms with Gasteiger partial charge in [0, 0.05) is 18.5 Å². The number of likely N-dealkylation sites (tertiary alicyclic amines) is 1. The van der Waals surface area contributed by atoms with Gasteiger partial charge in [0.2, 0.25) is 0 Å². The summed E-state index contributed by atoms with van der Waals surface area (Å²) in [4.78, 5) is 2.62. The predicted octanol–water partition coefficient (Wildman–Crippen LogP) is 11.5. The van der Waals surface area contributed by atoms with Crippen LogP contribution in [0.2, 0.25) is 0 Å². The summed E-state index contributed by atoms with van der Waals surface area (Å²) < 4.78 is 12.3. The van der Waals surface area contributed by atoms with E-state index in [1.807, 2.05) is 36.4 Å². The van der Waals surface area contributed by atoms with Crippen LogP contribution in [0, 0.1) is 5.92 Å². The second kappa shape index (κ2) is 19.3. The molecule has 1 atom stereocenters. The molecule has 0 aromatic heterocycles. The topological polar surface area (TPSA) is 47.7 Å². The van der Waals surface area contributed by atoms with E-state index in [0.29, 0.717) is 13.2 Å². The Balaban J connectivity index is 1.01. The minimum absolute atomic E-state index is 0.0136. The molecule has 1 aliphatic rings. The molecular weight excluding hydrogens is 661 g/mol. The Hall–Kier alpha value is -5.16. The third-order valence-corrected chi connectivity index (χ3v) is 11.0. The maximum atomic E-state index is 7.09. The number of rotatable bonds is 17. The van der Waals surface area contributed by atoms with Crippen LogP contribution in [0.25, 0.3) is 0 Å². The molecule has 0 saturated carbocycles. The van der Waals surface area contributed by atoms with Crippen molar-refractivity contribution < 1.29 is 9.47 Å². The van der Waals surface area contributed by atoms with Gasteiger partial charge in [0.15, 0.2) is 0 Å². The van der Waals surface area contributed by atoms with Gasteiger partial charge in [0.1, 0.15) is 24.7 Å². The zero-order valence-electron chi connectivity index (χ0n) is 31.4. The summed E-state index contributed by atoms with van der Waals surface area (Å²) in [5.74, 6) is 2.56. The fourth-order valence-electron chi connectivity index (χ4n) is 7.89. The van der Waals surface area contributed by atoms with Gasteiger partial charge in [0.05, 0.1) is 0 Å². The lowest BCUT2D eigenvalue weighted by Crippen LogP contribution is -2.33. The minimum Gasteiger partial charge on any atom is -0.489 e. The van der Waals surface area contributed by atoms with Crippen molar-refractivity contribution in [2.75, 3.05) is 13.1 Å². The molecule has 4 heteroatoms. The van der Waals surface area contributed by atoms with Gasteiger partial charge in [-0.15, -0.1) is 0 Å². The summed E-state index contributed by atoms with van der Waals surface area (Å²) in [5.41, 5.74) is 15.7. The Bertz CT molecular complexity index is 1870. The molecule has 4 nitrogen and oxygen atoms in total. The Kier molecular flexibility index (Phi) is 13.2. The van der Waals surface area contributed by atoms with Gasteiger partial charge in [-0.25, -0.2) is 0 Å². The Morgan fingerprint density at radius 3 is 1.50 bits per heavy atom. The van der Waals surface area contributed by atoms with Crippen LogP contribution in [0.1, 0.15) is 89.4 Å². The molecule has 6 aromatic rings. The molecule has 6 aromatic carbocycles. The van der Waals surface area contributed by atoms with Crippen LogP contribution in [0.4, 0.5) is 0 Å². The van der Waals surface area contributed by atoms with Crippen LogP contribution in [-0.4, -0.2) is 18.0 Å². The lowest BCUT2D eigenvalue weighted by atomic mass is 9.80. The molecule has 0 amide bonds. The first-order valence-electron chi connectivity index (χ1n) is 19.8. The van der Waals surface area contributed by atoms with Crippen molar-refractivity contribution in [1.82, 2.24) is 4.90 Å². The zero-order valence-corrected chi connectivity index (χ0v) is 31.4. The van der Waals surface area contributed by atoms with Gasteiger partial charge in [-0.05, 0) is 101 Å². The summed E-state index contributed by atoms with van der Waals surface area (Å²) in [7, 11) is 0. The highest BCUT2D eigenvalue weighted by Gasteiger charge is 2.23. The van der Waals surface area contributed by atoms with Crippen molar-refractivity contribution >= 4 is 0 Å². The van der Waals surface area contributed by atoms with Crippen LogP contribution in [-0.2, 0) is 19.8 Å². The number of nitrogens with two attached hydrogens (primary N) is 1. The Morgan fingerprint density at radius 2 is 0.981 bits per heavy atom. The second-order valence-electron chi connectivity index (χ2n) is 14.8. The number of piperidine rings is 1. The predicted molar refractivity (Wildman–Crippen MR) is 222 cm³/mol. The number of hydrogen-bond donors (Lipinski definition) is 1. The van der Waals surface area contributed by atoms with Crippen molar-refractivity contribution in [3.05, 3.63) is 203 Å². The van der Waals surface area contributed by atoms with E-state index in [9.17, 15) is 0 Å². The van der Waals surface area contributed by atoms with E-state index in [1.54, 1.807) is 0 Å². The van der Waals surface area contributed by atoms with Crippen LogP contribution >= 0.6 is 0 Å². The van der Waals surface area contributed by atoms with Crippen molar-refractivity contribution in [3.8, 4) is 11.5 Å². The highest BCUT2D eigenvalue weighted by atomic mass is 16.5. The second-order valence-corrected chi connectivity index (χ2v) is 14.8. The summed E-state index contributed by atoms with van der Waals surface area (Å²) in [6.07, 6.45) is 7.26. The summed E-state index contributed by atoms with van der Waals surface area (Å²) >= 11 is 0. The highest BCUT2D eigenvalue weighted by molar-refractivity contribution is 5.49. The number of nitrogens with zero attached hydrogens (tertiary/aromatic N) is 1. The third kappa shape index (κ3) is 10.5. The van der Waals surface area contributed by atoms with Crippen LogP contribution in [0.15, 0.2) is 164 Å².